The van der Waals surface area contributed by atoms with Crippen LogP contribution in [0.25, 0.3) is 22.7 Å². The van der Waals surface area contributed by atoms with Crippen molar-refractivity contribution in [3.8, 4) is 34.6 Å². The fraction of sp³-hybridized carbons (Fsp3) is 0.161. The van der Waals surface area contributed by atoms with Crippen LogP contribution in [0.5, 0.6) is 17.5 Å². The number of ether oxygens (including phenoxy) is 2. The molecule has 3 aromatic heterocycles. The number of para-hydroxylation sites is 2. The molecule has 3 aromatic carbocycles. The van der Waals surface area contributed by atoms with Crippen LogP contribution in [0.4, 0.5) is 5.69 Å². The maximum Gasteiger partial charge on any atom is 0.230 e. The highest BCUT2D eigenvalue weighted by molar-refractivity contribution is 5.70. The van der Waals surface area contributed by atoms with Crippen molar-refractivity contribution >= 4 is 11.3 Å². The molecule has 0 bridgehead atoms. The Bertz CT molecular complexity index is 1860. The third-order valence-corrected chi connectivity index (χ3v) is 7.31. The van der Waals surface area contributed by atoms with E-state index in [0.29, 0.717) is 23.2 Å². The third kappa shape index (κ3) is 3.70. The fourth-order valence-electron chi connectivity index (χ4n) is 5.37. The predicted molar refractivity (Wildman–Crippen MR) is 153 cm³/mol. The SMILES string of the molecule is COc1ccccc1[C@@H]1c2c(C)nn(-c3ccccc3)c2Oc2ncn3nc(-c4ccc(N(C)C)cc4)nc3c21. The molecule has 0 N–H and O–H groups in total. The molecule has 6 aromatic rings. The van der Waals surface area contributed by atoms with Gasteiger partial charge in [-0.3, -0.25) is 0 Å². The molecule has 0 aliphatic carbocycles. The van der Waals surface area contributed by atoms with E-state index in [1.807, 2.05) is 86.4 Å². The highest BCUT2D eigenvalue weighted by Crippen LogP contribution is 2.51. The second-order valence-electron chi connectivity index (χ2n) is 9.94. The van der Waals surface area contributed by atoms with Gasteiger partial charge in [-0.25, -0.2) is 19.2 Å². The number of nitrogens with zero attached hydrogens (tertiary/aromatic N) is 7. The number of aromatic nitrogens is 6. The Labute approximate surface area is 231 Å². The van der Waals surface area contributed by atoms with Crippen molar-refractivity contribution in [1.82, 2.24) is 29.4 Å². The van der Waals surface area contributed by atoms with E-state index in [9.17, 15) is 0 Å². The van der Waals surface area contributed by atoms with Gasteiger partial charge in [-0.05, 0) is 49.4 Å². The van der Waals surface area contributed by atoms with Crippen molar-refractivity contribution in [2.45, 2.75) is 12.8 Å². The zero-order chi connectivity index (χ0) is 27.4. The first-order valence-corrected chi connectivity index (χ1v) is 13.0. The van der Waals surface area contributed by atoms with Crippen molar-refractivity contribution in [1.29, 1.82) is 0 Å². The first-order chi connectivity index (χ1) is 19.5. The van der Waals surface area contributed by atoms with E-state index in [-0.39, 0.29) is 5.92 Å². The summed E-state index contributed by atoms with van der Waals surface area (Å²) in [5.41, 5.74) is 7.18. The summed E-state index contributed by atoms with van der Waals surface area (Å²) < 4.78 is 15.9. The number of benzene rings is 3. The van der Waals surface area contributed by atoms with E-state index in [2.05, 4.69) is 23.1 Å². The number of rotatable bonds is 5. The van der Waals surface area contributed by atoms with Crippen LogP contribution in [-0.4, -0.2) is 50.6 Å². The van der Waals surface area contributed by atoms with Crippen LogP contribution in [0.3, 0.4) is 0 Å². The molecule has 4 heterocycles. The summed E-state index contributed by atoms with van der Waals surface area (Å²) in [6.07, 6.45) is 1.65. The van der Waals surface area contributed by atoms with Gasteiger partial charge < -0.3 is 14.4 Å². The molecule has 0 spiro atoms. The van der Waals surface area contributed by atoms with Crippen LogP contribution in [0.15, 0.2) is 85.2 Å². The second kappa shape index (κ2) is 9.23. The molecule has 0 saturated carbocycles. The van der Waals surface area contributed by atoms with Gasteiger partial charge in [-0.15, -0.1) is 5.10 Å². The normalized spacial score (nSPS) is 13.9. The van der Waals surface area contributed by atoms with Crippen LogP contribution in [-0.2, 0) is 0 Å². The summed E-state index contributed by atoms with van der Waals surface area (Å²) in [5, 5.41) is 9.70. The first kappa shape index (κ1) is 23.9. The number of hydrogen-bond donors (Lipinski definition) is 0. The number of hydrogen-bond acceptors (Lipinski definition) is 7. The molecular weight excluding hydrogens is 502 g/mol. The quantitative estimate of drug-likeness (QED) is 0.285. The summed E-state index contributed by atoms with van der Waals surface area (Å²) in [6.45, 7) is 2.00. The molecule has 9 heteroatoms. The lowest BCUT2D eigenvalue weighted by Crippen LogP contribution is -2.16. The van der Waals surface area contributed by atoms with Gasteiger partial charge >= 0.3 is 0 Å². The van der Waals surface area contributed by atoms with Crippen LogP contribution >= 0.6 is 0 Å². The van der Waals surface area contributed by atoms with E-state index < -0.39 is 0 Å². The lowest BCUT2D eigenvalue weighted by molar-refractivity contribution is 0.393. The largest absolute Gasteiger partial charge is 0.496 e. The number of anilines is 1. The van der Waals surface area contributed by atoms with E-state index >= 15 is 0 Å². The third-order valence-electron chi connectivity index (χ3n) is 7.31. The molecule has 0 amide bonds. The summed E-state index contributed by atoms with van der Waals surface area (Å²) in [7, 11) is 5.72. The van der Waals surface area contributed by atoms with Crippen molar-refractivity contribution in [2.24, 2.45) is 0 Å². The standard InChI is InChI=1S/C31H27N7O2/c1-19-25-26(23-12-8-9-13-24(23)39-4)27-29-33-28(20-14-16-21(17-15-20)36(2)3)35-37(29)18-32-30(27)40-31(25)38(34-19)22-10-6-5-7-11-22/h5-18,26H,1-4H3/t26-/m1/s1. The van der Waals surface area contributed by atoms with Gasteiger partial charge in [0.2, 0.25) is 11.8 Å². The minimum atomic E-state index is -0.295. The number of fused-ring (bicyclic) bond motifs is 4. The molecule has 1 aliphatic rings. The predicted octanol–water partition coefficient (Wildman–Crippen LogP) is 5.65. The van der Waals surface area contributed by atoms with Crippen molar-refractivity contribution in [2.75, 3.05) is 26.1 Å². The highest BCUT2D eigenvalue weighted by Gasteiger charge is 2.39. The van der Waals surface area contributed by atoms with E-state index in [1.165, 1.54) is 0 Å². The van der Waals surface area contributed by atoms with Crippen molar-refractivity contribution < 1.29 is 9.47 Å². The maximum atomic E-state index is 6.54. The van der Waals surface area contributed by atoms with Gasteiger partial charge in [0.25, 0.3) is 0 Å². The second-order valence-corrected chi connectivity index (χ2v) is 9.94. The Morgan fingerprint density at radius 1 is 0.875 bits per heavy atom. The molecule has 0 unspecified atom stereocenters. The van der Waals surface area contributed by atoms with Gasteiger partial charge in [0.05, 0.1) is 35.5 Å². The van der Waals surface area contributed by atoms with E-state index in [1.54, 1.807) is 18.0 Å². The molecule has 9 nitrogen and oxygen atoms in total. The summed E-state index contributed by atoms with van der Waals surface area (Å²) in [6, 6.07) is 26.2. The minimum absolute atomic E-state index is 0.295. The van der Waals surface area contributed by atoms with E-state index in [4.69, 9.17) is 29.6 Å². The minimum Gasteiger partial charge on any atom is -0.496 e. The Kier molecular flexibility index (Phi) is 5.52. The average Bonchev–Trinajstić information content (AvgIpc) is 3.58. The molecule has 1 atom stereocenters. The van der Waals surface area contributed by atoms with Crippen LogP contribution in [0.2, 0.25) is 0 Å². The van der Waals surface area contributed by atoms with Gasteiger partial charge in [0, 0.05) is 30.9 Å². The molecule has 0 fully saturated rings. The number of methoxy groups -OCH3 is 1. The van der Waals surface area contributed by atoms with Crippen LogP contribution in [0, 0.1) is 6.92 Å². The Morgan fingerprint density at radius 3 is 2.38 bits per heavy atom. The van der Waals surface area contributed by atoms with Gasteiger partial charge in [-0.1, -0.05) is 36.4 Å². The fourth-order valence-corrected chi connectivity index (χ4v) is 5.37. The summed E-state index contributed by atoms with van der Waals surface area (Å²) in [4.78, 5) is 11.8. The summed E-state index contributed by atoms with van der Waals surface area (Å²) >= 11 is 0. The molecular formula is C31H27N7O2. The molecule has 7 rings (SSSR count). The molecule has 1 aliphatic heterocycles. The Balaban J connectivity index is 1.47. The average molecular weight is 530 g/mol. The first-order valence-electron chi connectivity index (χ1n) is 13.0. The number of aryl methyl sites for hydroxylation is 1. The lowest BCUT2D eigenvalue weighted by Gasteiger charge is -2.27. The van der Waals surface area contributed by atoms with Crippen molar-refractivity contribution in [3.05, 3.63) is 108 Å². The Hall–Kier alpha value is -5.18. The molecule has 198 valence electrons. The zero-order valence-corrected chi connectivity index (χ0v) is 22.6. The van der Waals surface area contributed by atoms with Gasteiger partial charge in [0.15, 0.2) is 11.5 Å². The monoisotopic (exact) mass is 529 g/mol. The zero-order valence-electron chi connectivity index (χ0n) is 22.6. The van der Waals surface area contributed by atoms with Gasteiger partial charge in [-0.2, -0.15) is 5.10 Å². The molecule has 40 heavy (non-hydrogen) atoms. The lowest BCUT2D eigenvalue weighted by atomic mass is 9.84. The topological polar surface area (TPSA) is 82.6 Å². The summed E-state index contributed by atoms with van der Waals surface area (Å²) in [5.74, 6) is 2.18. The molecule has 0 saturated heterocycles. The van der Waals surface area contributed by atoms with E-state index in [0.717, 1.165) is 45.1 Å². The van der Waals surface area contributed by atoms with Crippen LogP contribution in [0.1, 0.15) is 28.3 Å². The van der Waals surface area contributed by atoms with Gasteiger partial charge in [0.1, 0.15) is 12.1 Å². The maximum absolute atomic E-state index is 6.54. The van der Waals surface area contributed by atoms with Crippen LogP contribution < -0.4 is 14.4 Å². The molecule has 0 radical (unpaired) electrons. The highest BCUT2D eigenvalue weighted by atomic mass is 16.5. The smallest absolute Gasteiger partial charge is 0.230 e. The van der Waals surface area contributed by atoms with Crippen molar-refractivity contribution in [3.63, 3.8) is 0 Å². The Morgan fingerprint density at radius 2 is 1.62 bits per heavy atom.